The summed E-state index contributed by atoms with van der Waals surface area (Å²) in [6, 6.07) is 20.9. The summed E-state index contributed by atoms with van der Waals surface area (Å²) in [5.74, 6) is 0.883. The van der Waals surface area contributed by atoms with Crippen LogP contribution in [0.3, 0.4) is 0 Å². The summed E-state index contributed by atoms with van der Waals surface area (Å²) in [7, 11) is 0. The second-order valence-electron chi connectivity index (χ2n) is 8.76. The first-order valence-corrected chi connectivity index (χ1v) is 14.0. The van der Waals surface area contributed by atoms with Gasteiger partial charge >= 0.3 is 0 Å². The minimum absolute atomic E-state index is 0.0592. The molecule has 0 radical (unpaired) electrons. The Balaban J connectivity index is 1.59. The Hall–Kier alpha value is -3.00. The quantitative estimate of drug-likeness (QED) is 0.216. The van der Waals surface area contributed by atoms with E-state index in [2.05, 4.69) is 47.4 Å². The van der Waals surface area contributed by atoms with Crippen molar-refractivity contribution < 1.29 is 5.11 Å². The van der Waals surface area contributed by atoms with E-state index in [1.165, 1.54) is 27.6 Å². The Kier molecular flexibility index (Phi) is 6.14. The van der Waals surface area contributed by atoms with Crippen molar-refractivity contribution in [3.8, 4) is 11.3 Å². The highest BCUT2D eigenvalue weighted by molar-refractivity contribution is 7.98. The fourth-order valence-corrected chi connectivity index (χ4v) is 6.58. The molecule has 5 aromatic rings. The summed E-state index contributed by atoms with van der Waals surface area (Å²) in [6.07, 6.45) is 5.27. The second kappa shape index (κ2) is 9.57. The number of aliphatic hydroxyl groups is 1. The molecular weight excluding hydrogens is 472 g/mol. The molecule has 0 saturated carbocycles. The smallest absolute Gasteiger partial charge is 0.189 e. The first-order valence-electron chi connectivity index (χ1n) is 11.9. The van der Waals surface area contributed by atoms with Gasteiger partial charge in [-0.3, -0.25) is 0 Å². The van der Waals surface area contributed by atoms with Gasteiger partial charge in [-0.25, -0.2) is 15.0 Å². The summed E-state index contributed by atoms with van der Waals surface area (Å²) >= 11 is 3.24. The normalized spacial score (nSPS) is 13.0. The number of thiophene rings is 1. The van der Waals surface area contributed by atoms with Gasteiger partial charge in [0.2, 0.25) is 0 Å². The van der Waals surface area contributed by atoms with E-state index in [1.807, 2.05) is 24.5 Å². The van der Waals surface area contributed by atoms with Crippen LogP contribution in [0.4, 0.5) is 5.82 Å². The maximum Gasteiger partial charge on any atom is 0.189 e. The number of fused-ring (bicyclic) bond motifs is 5. The summed E-state index contributed by atoms with van der Waals surface area (Å²) in [5.41, 5.74) is 7.23. The van der Waals surface area contributed by atoms with Crippen molar-refractivity contribution >= 4 is 49.3 Å². The number of hydrogen-bond acceptors (Lipinski definition) is 7. The molecule has 2 aromatic carbocycles. The first kappa shape index (κ1) is 22.5. The molecule has 0 saturated heterocycles. The van der Waals surface area contributed by atoms with E-state index in [9.17, 15) is 5.11 Å². The number of anilines is 1. The molecule has 7 heteroatoms. The van der Waals surface area contributed by atoms with Crippen LogP contribution in [0.25, 0.3) is 31.7 Å². The molecule has 3 heterocycles. The fourth-order valence-electron chi connectivity index (χ4n) is 5.06. The molecule has 1 N–H and O–H groups in total. The molecular formula is C28H26N4OS2. The predicted molar refractivity (Wildman–Crippen MR) is 147 cm³/mol. The molecule has 0 fully saturated rings. The molecule has 0 aliphatic heterocycles. The van der Waals surface area contributed by atoms with Gasteiger partial charge in [0.15, 0.2) is 11.0 Å². The van der Waals surface area contributed by atoms with Crippen LogP contribution in [0.15, 0.2) is 65.8 Å². The third-order valence-corrected chi connectivity index (χ3v) is 8.23. The average Bonchev–Trinajstić information content (AvgIpc) is 3.53. The molecule has 1 aliphatic carbocycles. The second-order valence-corrected chi connectivity index (χ2v) is 10.5. The number of benzene rings is 2. The average molecular weight is 499 g/mol. The van der Waals surface area contributed by atoms with Gasteiger partial charge in [0.05, 0.1) is 22.5 Å². The Bertz CT molecular complexity index is 1500. The van der Waals surface area contributed by atoms with E-state index in [0.717, 1.165) is 51.0 Å². The number of aromatic nitrogens is 3. The Labute approximate surface area is 212 Å². The molecule has 35 heavy (non-hydrogen) atoms. The molecule has 3 aromatic heterocycles. The van der Waals surface area contributed by atoms with E-state index in [0.29, 0.717) is 13.1 Å². The number of aliphatic hydroxyl groups excluding tert-OH is 1. The summed E-state index contributed by atoms with van der Waals surface area (Å²) in [4.78, 5) is 18.4. The molecule has 0 atom stereocenters. The van der Waals surface area contributed by atoms with Gasteiger partial charge in [-0.2, -0.15) is 0 Å². The molecule has 0 bridgehead atoms. The first-order chi connectivity index (χ1) is 17.3. The third kappa shape index (κ3) is 4.07. The minimum Gasteiger partial charge on any atom is -0.395 e. The zero-order valence-corrected chi connectivity index (χ0v) is 21.2. The van der Waals surface area contributed by atoms with Gasteiger partial charge in [0.25, 0.3) is 0 Å². The van der Waals surface area contributed by atoms with Crippen LogP contribution in [-0.2, 0) is 19.4 Å². The van der Waals surface area contributed by atoms with Gasteiger partial charge in [-0.05, 0) is 42.2 Å². The maximum absolute atomic E-state index is 9.90. The van der Waals surface area contributed by atoms with Crippen molar-refractivity contribution in [1.29, 1.82) is 0 Å². The zero-order chi connectivity index (χ0) is 23.8. The highest BCUT2D eigenvalue weighted by Gasteiger charge is 2.26. The van der Waals surface area contributed by atoms with Crippen molar-refractivity contribution in [2.24, 2.45) is 0 Å². The summed E-state index contributed by atoms with van der Waals surface area (Å²) < 4.78 is 1.05. The fraction of sp³-hybridized carbons (Fsp3) is 0.250. The molecule has 1 aliphatic rings. The highest BCUT2D eigenvalue weighted by Crippen LogP contribution is 2.44. The number of nitrogens with zero attached hydrogens (tertiary/aromatic N) is 4. The monoisotopic (exact) mass is 498 g/mol. The van der Waals surface area contributed by atoms with Crippen molar-refractivity contribution in [1.82, 2.24) is 15.0 Å². The van der Waals surface area contributed by atoms with Crippen LogP contribution in [0.5, 0.6) is 0 Å². The molecule has 176 valence electrons. The Morgan fingerprint density at radius 2 is 1.69 bits per heavy atom. The van der Waals surface area contributed by atoms with Crippen LogP contribution in [0.2, 0.25) is 0 Å². The van der Waals surface area contributed by atoms with Crippen LogP contribution >= 0.6 is 23.1 Å². The summed E-state index contributed by atoms with van der Waals surface area (Å²) in [6.45, 7) is 1.24. The lowest BCUT2D eigenvalue weighted by atomic mass is 10.0. The number of aryl methyl sites for hydroxylation is 1. The molecule has 6 rings (SSSR count). The number of hydrogen-bond donors (Lipinski definition) is 1. The number of rotatable bonds is 7. The number of pyridine rings is 1. The van der Waals surface area contributed by atoms with Gasteiger partial charge in [0.1, 0.15) is 4.83 Å². The van der Waals surface area contributed by atoms with E-state index in [1.54, 1.807) is 23.1 Å². The predicted octanol–water partition coefficient (Wildman–Crippen LogP) is 6.12. The van der Waals surface area contributed by atoms with E-state index < -0.39 is 0 Å². The standard InChI is InChI=1S/C28H26N4OS2/c1-34-28-30-24-22-20-13-8-14-21(20)23(19-11-6-3-7-12-19)29-27(22)35-25(24)26(31-28)32(15-16-33)17-18-9-4-2-5-10-18/h2-7,9-12,33H,8,13-17H2,1H3. The van der Waals surface area contributed by atoms with E-state index >= 15 is 0 Å². The van der Waals surface area contributed by atoms with Gasteiger partial charge in [-0.1, -0.05) is 72.4 Å². The van der Waals surface area contributed by atoms with Gasteiger partial charge < -0.3 is 10.0 Å². The highest BCUT2D eigenvalue weighted by atomic mass is 32.2. The Morgan fingerprint density at radius 3 is 2.43 bits per heavy atom. The lowest BCUT2D eigenvalue weighted by Crippen LogP contribution is -2.27. The van der Waals surface area contributed by atoms with Crippen molar-refractivity contribution in [2.75, 3.05) is 24.3 Å². The maximum atomic E-state index is 9.90. The van der Waals surface area contributed by atoms with Crippen LogP contribution in [-0.4, -0.2) is 39.5 Å². The molecule has 5 nitrogen and oxygen atoms in total. The SMILES string of the molecule is CSc1nc(N(CCO)Cc2ccccc2)c2sc3nc(-c4ccccc4)c4c(c3c2n1)CCC4. The Morgan fingerprint density at radius 1 is 0.943 bits per heavy atom. The minimum atomic E-state index is 0.0592. The van der Waals surface area contributed by atoms with Crippen LogP contribution in [0, 0.1) is 0 Å². The van der Waals surface area contributed by atoms with Crippen molar-refractivity contribution in [3.05, 3.63) is 77.4 Å². The molecule has 0 spiro atoms. The topological polar surface area (TPSA) is 62.1 Å². The largest absolute Gasteiger partial charge is 0.395 e. The van der Waals surface area contributed by atoms with E-state index in [4.69, 9.17) is 15.0 Å². The molecule has 0 amide bonds. The van der Waals surface area contributed by atoms with Crippen molar-refractivity contribution in [2.45, 2.75) is 31.0 Å². The lowest BCUT2D eigenvalue weighted by Gasteiger charge is -2.23. The van der Waals surface area contributed by atoms with Crippen molar-refractivity contribution in [3.63, 3.8) is 0 Å². The summed E-state index contributed by atoms with van der Waals surface area (Å²) in [5, 5.41) is 11.9. The van der Waals surface area contributed by atoms with Crippen LogP contribution in [0.1, 0.15) is 23.1 Å². The number of thioether (sulfide) groups is 1. The lowest BCUT2D eigenvalue weighted by molar-refractivity contribution is 0.301. The zero-order valence-electron chi connectivity index (χ0n) is 19.6. The molecule has 0 unspecified atom stereocenters. The third-order valence-electron chi connectivity index (χ3n) is 6.61. The van der Waals surface area contributed by atoms with Crippen LogP contribution < -0.4 is 4.90 Å². The van der Waals surface area contributed by atoms with Gasteiger partial charge in [-0.15, -0.1) is 11.3 Å². The van der Waals surface area contributed by atoms with E-state index in [-0.39, 0.29) is 6.61 Å². The van der Waals surface area contributed by atoms with Gasteiger partial charge in [0, 0.05) is 24.0 Å².